The van der Waals surface area contributed by atoms with Crippen LogP contribution in [0.3, 0.4) is 0 Å². The number of benzene rings is 2. The molecule has 0 radical (unpaired) electrons. The zero-order chi connectivity index (χ0) is 28.3. The number of aromatic nitrogens is 3. The third-order valence-electron chi connectivity index (χ3n) is 6.10. The minimum atomic E-state index is -1.08. The van der Waals surface area contributed by atoms with Crippen LogP contribution in [0.25, 0.3) is 11.0 Å². The Morgan fingerprint density at radius 1 is 1.12 bits per heavy atom. The molecule has 0 bridgehead atoms. The topological polar surface area (TPSA) is 138 Å². The number of rotatable bonds is 16. The van der Waals surface area contributed by atoms with Gasteiger partial charge < -0.3 is 35.4 Å². The van der Waals surface area contributed by atoms with Crippen molar-refractivity contribution < 1.29 is 24.4 Å². The first-order valence-corrected chi connectivity index (χ1v) is 13.4. The van der Waals surface area contributed by atoms with Gasteiger partial charge in [-0.2, -0.15) is 0 Å². The van der Waals surface area contributed by atoms with Crippen LogP contribution in [0.15, 0.2) is 55.0 Å². The molecule has 0 amide bonds. The van der Waals surface area contributed by atoms with Gasteiger partial charge in [0.05, 0.1) is 6.20 Å². The van der Waals surface area contributed by atoms with Crippen LogP contribution in [0.1, 0.15) is 12.0 Å². The second kappa shape index (κ2) is 14.4. The first-order valence-electron chi connectivity index (χ1n) is 13.0. The Kier molecular flexibility index (Phi) is 10.4. The summed E-state index contributed by atoms with van der Waals surface area (Å²) in [6.07, 6.45) is 4.66. The molecule has 4 aromatic rings. The highest BCUT2D eigenvalue weighted by Crippen LogP contribution is 2.33. The Morgan fingerprint density at radius 3 is 2.70 bits per heavy atom. The maximum absolute atomic E-state index is 11.2. The van der Waals surface area contributed by atoms with Crippen LogP contribution in [0.4, 0.5) is 17.2 Å². The van der Waals surface area contributed by atoms with Crippen LogP contribution in [-0.2, 0) is 11.3 Å². The molecule has 0 unspecified atom stereocenters. The number of ether oxygens (including phenoxy) is 2. The summed E-state index contributed by atoms with van der Waals surface area (Å²) in [6.45, 7) is 3.05. The fraction of sp³-hybridized carbons (Fsp3) is 0.321. The number of H-pyrrole nitrogens is 2. The quantitative estimate of drug-likeness (QED) is 0.128. The Labute approximate surface area is 237 Å². The molecule has 11 nitrogen and oxygen atoms in total. The number of carbonyl (C=O) groups is 1. The molecule has 212 valence electrons. The van der Waals surface area contributed by atoms with E-state index in [1.54, 1.807) is 18.5 Å². The predicted octanol–water partition coefficient (Wildman–Crippen LogP) is 3.77. The van der Waals surface area contributed by atoms with E-state index in [4.69, 9.17) is 26.2 Å². The lowest BCUT2D eigenvalue weighted by atomic mass is 10.2. The van der Waals surface area contributed by atoms with Crippen LogP contribution < -0.4 is 30.4 Å². The second-order valence-electron chi connectivity index (χ2n) is 9.26. The highest BCUT2D eigenvalue weighted by atomic mass is 35.5. The standard InChI is InChI=1S/C28H34ClN7O4/c1-30-10-3-12-36(2)16-19-15-32-27-26(19)28(34-18-33-27)35-22-8-9-23(24(14-22)40-17-25(37)38)39-13-11-31-21-6-4-20(29)5-7-21/h4-9,14-15,18,30-31H,3,10-13,16-17H2,1-2H3,(H,37,38)(H2,32,33,34,35)/p+1. The van der Waals surface area contributed by atoms with Crippen molar-refractivity contribution in [3.05, 3.63) is 65.6 Å². The molecule has 2 aromatic carbocycles. The van der Waals surface area contributed by atoms with Crippen LogP contribution >= 0.6 is 11.6 Å². The summed E-state index contributed by atoms with van der Waals surface area (Å²) in [6, 6.07) is 12.7. The maximum atomic E-state index is 11.2. The fourth-order valence-corrected chi connectivity index (χ4v) is 4.33. The molecule has 4 rings (SSSR count). The van der Waals surface area contributed by atoms with E-state index >= 15 is 0 Å². The third-order valence-corrected chi connectivity index (χ3v) is 6.35. The van der Waals surface area contributed by atoms with Crippen molar-refractivity contribution in [2.24, 2.45) is 0 Å². The van der Waals surface area contributed by atoms with E-state index < -0.39 is 12.6 Å². The average Bonchev–Trinajstić information content (AvgIpc) is 3.35. The molecule has 0 fully saturated rings. The molecule has 0 aliphatic heterocycles. The number of hydrogen-bond acceptors (Lipinski definition) is 8. The number of anilines is 3. The van der Waals surface area contributed by atoms with Crippen molar-refractivity contribution in [1.29, 1.82) is 0 Å². The van der Waals surface area contributed by atoms with Crippen LogP contribution in [0, 0.1) is 0 Å². The van der Waals surface area contributed by atoms with Crippen LogP contribution in [-0.4, -0.2) is 72.9 Å². The molecule has 6 N–H and O–H groups in total. The van der Waals surface area contributed by atoms with Gasteiger partial charge in [-0.3, -0.25) is 4.98 Å². The van der Waals surface area contributed by atoms with Gasteiger partial charge in [0.15, 0.2) is 18.1 Å². The molecule has 12 heteroatoms. The second-order valence-corrected chi connectivity index (χ2v) is 9.70. The van der Waals surface area contributed by atoms with E-state index in [0.29, 0.717) is 41.2 Å². The summed E-state index contributed by atoms with van der Waals surface area (Å²) in [5, 5.41) is 20.6. The summed E-state index contributed by atoms with van der Waals surface area (Å²) >= 11 is 5.93. The molecule has 0 saturated heterocycles. The lowest BCUT2D eigenvalue weighted by Gasteiger charge is -2.16. The van der Waals surface area contributed by atoms with Gasteiger partial charge in [0, 0.05) is 41.1 Å². The number of halogens is 1. The van der Waals surface area contributed by atoms with Gasteiger partial charge in [0.1, 0.15) is 12.0 Å². The molecule has 40 heavy (non-hydrogen) atoms. The van der Waals surface area contributed by atoms with Gasteiger partial charge in [-0.15, -0.1) is 0 Å². The van der Waals surface area contributed by atoms with Gasteiger partial charge >= 0.3 is 5.97 Å². The largest absolute Gasteiger partial charge is 0.488 e. The van der Waals surface area contributed by atoms with Crippen LogP contribution in [0.5, 0.6) is 11.5 Å². The molecule has 0 spiro atoms. The van der Waals surface area contributed by atoms with Gasteiger partial charge in [0.25, 0.3) is 0 Å². The van der Waals surface area contributed by atoms with E-state index in [0.717, 1.165) is 48.3 Å². The molecular weight excluding hydrogens is 534 g/mol. The number of aliphatic carboxylic acids is 1. The molecule has 0 aliphatic carbocycles. The SMILES string of the molecule is CNCCCN(C)Cc1c[nH]c2[nH+]cnc(Nc3ccc(OCCNc4ccc(Cl)cc4)c(OCC(=O)O)c3)c12. The number of nitrogens with zero attached hydrogens (tertiary/aromatic N) is 2. The minimum Gasteiger partial charge on any atom is -0.488 e. The van der Waals surface area contributed by atoms with Crippen molar-refractivity contribution in [2.45, 2.75) is 13.0 Å². The van der Waals surface area contributed by atoms with Crippen LogP contribution in [0.2, 0.25) is 5.02 Å². The summed E-state index contributed by atoms with van der Waals surface area (Å²) in [5.41, 5.74) is 3.56. The number of fused-ring (bicyclic) bond motifs is 1. The zero-order valence-corrected chi connectivity index (χ0v) is 23.3. The lowest BCUT2D eigenvalue weighted by molar-refractivity contribution is -0.352. The number of aromatic amines is 2. The summed E-state index contributed by atoms with van der Waals surface area (Å²) < 4.78 is 11.5. The fourth-order valence-electron chi connectivity index (χ4n) is 4.21. The molecule has 2 heterocycles. The third kappa shape index (κ3) is 8.22. The normalized spacial score (nSPS) is 11.1. The molecule has 2 aromatic heterocycles. The maximum Gasteiger partial charge on any atom is 0.341 e. The van der Waals surface area contributed by atoms with Crippen molar-refractivity contribution in [3.8, 4) is 11.5 Å². The minimum absolute atomic E-state index is 0.316. The highest BCUT2D eigenvalue weighted by molar-refractivity contribution is 6.30. The summed E-state index contributed by atoms with van der Waals surface area (Å²) in [7, 11) is 4.05. The number of nitrogens with one attached hydrogen (secondary N) is 5. The molecule has 0 atom stereocenters. The first-order chi connectivity index (χ1) is 19.4. The number of hydrogen-bond donors (Lipinski definition) is 5. The van der Waals surface area contributed by atoms with E-state index in [9.17, 15) is 4.79 Å². The van der Waals surface area contributed by atoms with Crippen molar-refractivity contribution in [2.75, 3.05) is 57.6 Å². The predicted molar refractivity (Wildman–Crippen MR) is 156 cm³/mol. The average molecular weight is 569 g/mol. The number of carboxylic acids is 1. The Balaban J connectivity index is 1.47. The molecule has 0 saturated carbocycles. The van der Waals surface area contributed by atoms with E-state index in [-0.39, 0.29) is 0 Å². The highest BCUT2D eigenvalue weighted by Gasteiger charge is 2.18. The Hall–Kier alpha value is -4.06. The van der Waals surface area contributed by atoms with Crippen molar-refractivity contribution >= 4 is 45.8 Å². The van der Waals surface area contributed by atoms with Gasteiger partial charge in [-0.25, -0.2) is 9.78 Å². The smallest absolute Gasteiger partial charge is 0.341 e. The van der Waals surface area contributed by atoms with Gasteiger partial charge in [-0.1, -0.05) is 16.6 Å². The summed E-state index contributed by atoms with van der Waals surface area (Å²) in [4.78, 5) is 24.5. The van der Waals surface area contributed by atoms with E-state index in [1.807, 2.05) is 43.6 Å². The zero-order valence-electron chi connectivity index (χ0n) is 22.6. The van der Waals surface area contributed by atoms with Crippen molar-refractivity contribution in [1.82, 2.24) is 20.2 Å². The van der Waals surface area contributed by atoms with E-state index in [2.05, 4.69) is 42.8 Å². The molecular formula is C28H35ClN7O4+. The molecule has 0 aliphatic rings. The Morgan fingerprint density at radius 2 is 1.93 bits per heavy atom. The van der Waals surface area contributed by atoms with Gasteiger partial charge in [0.2, 0.25) is 17.8 Å². The summed E-state index contributed by atoms with van der Waals surface area (Å²) in [5.74, 6) is 0.344. The number of carboxylic acid groups (broad SMARTS) is 1. The lowest BCUT2D eigenvalue weighted by Crippen LogP contribution is -2.22. The van der Waals surface area contributed by atoms with Gasteiger partial charge in [-0.05, 0) is 70.0 Å². The first kappa shape index (κ1) is 28.9. The monoisotopic (exact) mass is 568 g/mol. The van der Waals surface area contributed by atoms with Crippen molar-refractivity contribution in [3.63, 3.8) is 0 Å². The van der Waals surface area contributed by atoms with E-state index in [1.165, 1.54) is 0 Å². The Bertz CT molecular complexity index is 1400.